The van der Waals surface area contributed by atoms with Gasteiger partial charge in [-0.05, 0) is 25.3 Å². The van der Waals surface area contributed by atoms with Crippen molar-refractivity contribution in [1.29, 1.82) is 0 Å². The highest BCUT2D eigenvalue weighted by Crippen LogP contribution is 2.19. The molecule has 0 aromatic carbocycles. The van der Waals surface area contributed by atoms with Crippen molar-refractivity contribution in [3.63, 3.8) is 0 Å². The van der Waals surface area contributed by atoms with Gasteiger partial charge in [0.25, 0.3) is 0 Å². The van der Waals surface area contributed by atoms with Gasteiger partial charge < -0.3 is 16.0 Å². The molecule has 1 aromatic heterocycles. The molecule has 0 aliphatic carbocycles. The van der Waals surface area contributed by atoms with Crippen LogP contribution in [-0.2, 0) is 4.79 Å². The molecule has 6 heteroatoms. The number of piperidine rings is 1. The van der Waals surface area contributed by atoms with Crippen LogP contribution in [0.2, 0.25) is 5.02 Å². The van der Waals surface area contributed by atoms with Crippen LogP contribution in [-0.4, -0.2) is 35.4 Å². The first-order chi connectivity index (χ1) is 9.16. The number of carbonyl (C=O) groups excluding carboxylic acids is 1. The third kappa shape index (κ3) is 3.99. The molecule has 1 saturated heterocycles. The molecule has 2 rings (SSSR count). The minimum absolute atomic E-state index is 0.194. The van der Waals surface area contributed by atoms with Crippen molar-refractivity contribution in [1.82, 2.24) is 9.88 Å². The lowest BCUT2D eigenvalue weighted by Crippen LogP contribution is -2.36. The zero-order valence-corrected chi connectivity index (χ0v) is 11.6. The fraction of sp³-hybridized carbons (Fsp3) is 0.538. The van der Waals surface area contributed by atoms with E-state index in [1.165, 1.54) is 12.6 Å². The number of anilines is 2. The highest BCUT2D eigenvalue weighted by atomic mass is 35.5. The highest BCUT2D eigenvalue weighted by molar-refractivity contribution is 6.30. The lowest BCUT2D eigenvalue weighted by atomic mass is 10.1. The zero-order valence-electron chi connectivity index (χ0n) is 10.9. The first kappa shape index (κ1) is 13.9. The Balaban J connectivity index is 1.78. The average Bonchev–Trinajstić information content (AvgIpc) is 2.42. The van der Waals surface area contributed by atoms with Crippen LogP contribution < -0.4 is 11.1 Å². The second-order valence-electron chi connectivity index (χ2n) is 4.71. The fourth-order valence-corrected chi connectivity index (χ4v) is 2.36. The molecule has 2 heterocycles. The number of nitrogens with one attached hydrogen (secondary N) is 1. The molecule has 0 spiro atoms. The number of halogens is 1. The second kappa shape index (κ2) is 6.61. The van der Waals surface area contributed by atoms with Crippen molar-refractivity contribution in [2.45, 2.75) is 25.7 Å². The van der Waals surface area contributed by atoms with Gasteiger partial charge in [0.05, 0.1) is 10.7 Å². The Kier molecular flexibility index (Phi) is 4.85. The van der Waals surface area contributed by atoms with Crippen molar-refractivity contribution in [2.24, 2.45) is 0 Å². The van der Waals surface area contributed by atoms with Crippen molar-refractivity contribution >= 4 is 29.0 Å². The summed E-state index contributed by atoms with van der Waals surface area (Å²) in [7, 11) is 0. The van der Waals surface area contributed by atoms with Crippen LogP contribution in [0.15, 0.2) is 12.3 Å². The van der Waals surface area contributed by atoms with Crippen molar-refractivity contribution in [2.75, 3.05) is 30.7 Å². The van der Waals surface area contributed by atoms with Crippen molar-refractivity contribution in [3.05, 3.63) is 17.3 Å². The van der Waals surface area contributed by atoms with Gasteiger partial charge in [0, 0.05) is 32.3 Å². The number of nitrogens with zero attached hydrogens (tertiary/aromatic N) is 2. The normalized spacial score (nSPS) is 15.3. The van der Waals surface area contributed by atoms with Gasteiger partial charge in [-0.2, -0.15) is 0 Å². The summed E-state index contributed by atoms with van der Waals surface area (Å²) in [5, 5.41) is 3.57. The number of nitrogen functional groups attached to an aromatic ring is 1. The van der Waals surface area contributed by atoms with Crippen LogP contribution in [0.25, 0.3) is 0 Å². The summed E-state index contributed by atoms with van der Waals surface area (Å²) >= 11 is 5.77. The van der Waals surface area contributed by atoms with E-state index in [4.69, 9.17) is 17.3 Å². The Bertz CT molecular complexity index is 446. The van der Waals surface area contributed by atoms with Gasteiger partial charge in [-0.25, -0.2) is 4.98 Å². The Morgan fingerprint density at radius 1 is 1.42 bits per heavy atom. The third-order valence-corrected chi connectivity index (χ3v) is 3.43. The summed E-state index contributed by atoms with van der Waals surface area (Å²) in [6.45, 7) is 2.31. The first-order valence-electron chi connectivity index (χ1n) is 6.59. The van der Waals surface area contributed by atoms with E-state index in [0.717, 1.165) is 25.9 Å². The standard InChI is InChI=1S/C13H19ClN4O/c14-10-8-11(15)13(17-9-10)16-5-4-12(19)18-6-2-1-3-7-18/h8-9H,1-7,15H2,(H,16,17). The predicted molar refractivity (Wildman–Crippen MR) is 77.2 cm³/mol. The molecular weight excluding hydrogens is 264 g/mol. The molecule has 0 unspecified atom stereocenters. The summed E-state index contributed by atoms with van der Waals surface area (Å²) in [6.07, 6.45) is 5.46. The number of hydrogen-bond donors (Lipinski definition) is 2. The number of rotatable bonds is 4. The van der Waals surface area contributed by atoms with Gasteiger partial charge in [0.1, 0.15) is 5.82 Å². The summed E-state index contributed by atoms with van der Waals surface area (Å²) in [4.78, 5) is 18.0. The quantitative estimate of drug-likeness (QED) is 0.887. The molecule has 1 aliphatic rings. The summed E-state index contributed by atoms with van der Waals surface area (Å²) in [6, 6.07) is 1.64. The van der Waals surface area contributed by atoms with E-state index >= 15 is 0 Å². The number of likely N-dealkylation sites (tertiary alicyclic amines) is 1. The molecule has 1 aliphatic heterocycles. The van der Waals surface area contributed by atoms with Crippen LogP contribution in [0.1, 0.15) is 25.7 Å². The molecule has 19 heavy (non-hydrogen) atoms. The minimum Gasteiger partial charge on any atom is -0.396 e. The number of aromatic nitrogens is 1. The summed E-state index contributed by atoms with van der Waals surface area (Å²) < 4.78 is 0. The van der Waals surface area contributed by atoms with Gasteiger partial charge in [0.2, 0.25) is 5.91 Å². The topological polar surface area (TPSA) is 71.2 Å². The third-order valence-electron chi connectivity index (χ3n) is 3.22. The number of nitrogens with two attached hydrogens (primary N) is 1. The Labute approximate surface area is 118 Å². The van der Waals surface area contributed by atoms with E-state index in [2.05, 4.69) is 10.3 Å². The second-order valence-corrected chi connectivity index (χ2v) is 5.15. The van der Waals surface area contributed by atoms with Crippen LogP contribution in [0.5, 0.6) is 0 Å². The molecular formula is C13H19ClN4O. The molecule has 0 saturated carbocycles. The summed E-state index contributed by atoms with van der Waals surface area (Å²) in [5.74, 6) is 0.774. The van der Waals surface area contributed by atoms with E-state index in [0.29, 0.717) is 29.5 Å². The van der Waals surface area contributed by atoms with Gasteiger partial charge >= 0.3 is 0 Å². The molecule has 0 bridgehead atoms. The molecule has 1 fully saturated rings. The zero-order chi connectivity index (χ0) is 13.7. The van der Waals surface area contributed by atoms with E-state index in [-0.39, 0.29) is 5.91 Å². The summed E-state index contributed by atoms with van der Waals surface area (Å²) in [5.41, 5.74) is 6.27. The Morgan fingerprint density at radius 2 is 2.16 bits per heavy atom. The number of amides is 1. The largest absolute Gasteiger partial charge is 0.396 e. The van der Waals surface area contributed by atoms with Crippen LogP contribution in [0.3, 0.4) is 0 Å². The van der Waals surface area contributed by atoms with Gasteiger partial charge in [0.15, 0.2) is 0 Å². The van der Waals surface area contributed by atoms with E-state index in [9.17, 15) is 4.79 Å². The predicted octanol–water partition coefficient (Wildman–Crippen LogP) is 2.13. The maximum Gasteiger partial charge on any atom is 0.224 e. The Morgan fingerprint density at radius 3 is 2.84 bits per heavy atom. The molecule has 3 N–H and O–H groups in total. The Hall–Kier alpha value is -1.49. The maximum atomic E-state index is 11.9. The highest BCUT2D eigenvalue weighted by Gasteiger charge is 2.15. The monoisotopic (exact) mass is 282 g/mol. The lowest BCUT2D eigenvalue weighted by molar-refractivity contribution is -0.131. The van der Waals surface area contributed by atoms with Crippen molar-refractivity contribution in [3.8, 4) is 0 Å². The fourth-order valence-electron chi connectivity index (χ4n) is 2.19. The molecule has 104 valence electrons. The maximum absolute atomic E-state index is 11.9. The molecule has 0 atom stereocenters. The van der Waals surface area contributed by atoms with Gasteiger partial charge in [-0.15, -0.1) is 0 Å². The van der Waals surface area contributed by atoms with Gasteiger partial charge in [-0.3, -0.25) is 4.79 Å². The number of pyridine rings is 1. The SMILES string of the molecule is Nc1cc(Cl)cnc1NCCC(=O)N1CCCCC1. The first-order valence-corrected chi connectivity index (χ1v) is 6.97. The van der Waals surface area contributed by atoms with E-state index in [1.54, 1.807) is 6.07 Å². The molecule has 0 radical (unpaired) electrons. The molecule has 5 nitrogen and oxygen atoms in total. The average molecular weight is 283 g/mol. The van der Waals surface area contributed by atoms with E-state index < -0.39 is 0 Å². The number of carbonyl (C=O) groups is 1. The minimum atomic E-state index is 0.194. The van der Waals surface area contributed by atoms with Crippen LogP contribution >= 0.6 is 11.6 Å². The smallest absolute Gasteiger partial charge is 0.224 e. The molecule has 1 amide bonds. The van der Waals surface area contributed by atoms with Crippen molar-refractivity contribution < 1.29 is 4.79 Å². The molecule has 1 aromatic rings. The lowest BCUT2D eigenvalue weighted by Gasteiger charge is -2.26. The van der Waals surface area contributed by atoms with Crippen LogP contribution in [0.4, 0.5) is 11.5 Å². The van der Waals surface area contributed by atoms with Crippen LogP contribution in [0, 0.1) is 0 Å². The number of hydrogen-bond acceptors (Lipinski definition) is 4. The van der Waals surface area contributed by atoms with Gasteiger partial charge in [-0.1, -0.05) is 11.6 Å². The van der Waals surface area contributed by atoms with E-state index in [1.807, 2.05) is 4.90 Å².